The van der Waals surface area contributed by atoms with Gasteiger partial charge in [-0.3, -0.25) is 9.59 Å². The van der Waals surface area contributed by atoms with Crippen molar-refractivity contribution in [3.63, 3.8) is 0 Å². The van der Waals surface area contributed by atoms with Gasteiger partial charge in [0.1, 0.15) is 6.04 Å². The highest BCUT2D eigenvalue weighted by molar-refractivity contribution is 6.72. The number of hydrogen-bond donors (Lipinski definition) is 4. The maximum absolute atomic E-state index is 11.8. The van der Waals surface area contributed by atoms with Crippen molar-refractivity contribution in [3.8, 4) is 0 Å². The average molecular weight is 511 g/mol. The van der Waals surface area contributed by atoms with E-state index < -0.39 is 27.4 Å². The van der Waals surface area contributed by atoms with Gasteiger partial charge in [-0.2, -0.15) is 0 Å². The van der Waals surface area contributed by atoms with Crippen molar-refractivity contribution in [2.24, 2.45) is 11.8 Å². The second kappa shape index (κ2) is 20.1. The molecule has 0 aromatic heterocycles. The molecule has 0 spiro atoms. The molecule has 2 atom stereocenters. The maximum atomic E-state index is 11.8. The smallest absolute Gasteiger partial charge is 0.437 e. The summed E-state index contributed by atoms with van der Waals surface area (Å²) in [6.07, 6.45) is 0.955. The monoisotopic (exact) mass is 512 g/mol. The van der Waals surface area contributed by atoms with Gasteiger partial charge in [0.05, 0.1) is 0 Å². The van der Waals surface area contributed by atoms with E-state index in [1.807, 2.05) is 20.5 Å². The third-order valence-corrected chi connectivity index (χ3v) is 4.60. The molecule has 0 radical (unpaired) electrons. The predicted octanol–water partition coefficient (Wildman–Crippen LogP) is 1.46. The van der Waals surface area contributed by atoms with Gasteiger partial charge < -0.3 is 43.5 Å². The van der Waals surface area contributed by atoms with Crippen LogP contribution in [0.15, 0.2) is 0 Å². The van der Waals surface area contributed by atoms with Gasteiger partial charge in [-0.25, -0.2) is 0 Å². The fourth-order valence-electron chi connectivity index (χ4n) is 3.18. The van der Waals surface area contributed by atoms with Crippen LogP contribution < -0.4 is 10.6 Å². The fourth-order valence-corrected chi connectivity index (χ4v) is 3.18. The molecule has 1 aliphatic heterocycles. The largest absolute Gasteiger partial charge is 0.453 e. The Morgan fingerprint density at radius 1 is 0.833 bits per heavy atom. The van der Waals surface area contributed by atoms with Crippen molar-refractivity contribution < 1.29 is 42.5 Å². The lowest BCUT2D eigenvalue weighted by molar-refractivity contribution is -0.128. The van der Waals surface area contributed by atoms with Crippen LogP contribution >= 0.6 is 0 Å². The zero-order chi connectivity index (χ0) is 28.6. The molecule has 11 nitrogen and oxygen atoms in total. The Labute approximate surface area is 220 Å². The van der Waals surface area contributed by atoms with Gasteiger partial charge in [-0.05, 0) is 66.1 Å². The molecule has 1 aliphatic rings. The predicted molar refractivity (Wildman–Crippen MR) is 149 cm³/mol. The Balaban J connectivity index is 0. The van der Waals surface area contributed by atoms with Crippen LogP contribution in [0.1, 0.15) is 48.0 Å². The number of carbonyl (C=O) groups excluding carboxylic acids is 2. The van der Waals surface area contributed by atoms with Gasteiger partial charge >= 0.3 is 42.7 Å². The maximum Gasteiger partial charge on any atom is 0.437 e. The molecule has 204 valence electrons. The minimum Gasteiger partial charge on any atom is -0.453 e. The molecule has 1 heterocycles. The highest BCUT2D eigenvalue weighted by Gasteiger charge is 2.31. The normalized spacial score (nSPS) is 14.7. The van der Waals surface area contributed by atoms with Crippen molar-refractivity contribution in [1.82, 2.24) is 10.6 Å². The van der Waals surface area contributed by atoms with E-state index in [2.05, 4.69) is 38.3 Å². The van der Waals surface area contributed by atoms with Gasteiger partial charge in [-0.1, -0.05) is 27.7 Å². The van der Waals surface area contributed by atoms with Crippen LogP contribution in [0.5, 0.6) is 0 Å². The minimum atomic E-state index is -0.867. The van der Waals surface area contributed by atoms with Crippen LogP contribution in [0.4, 0.5) is 0 Å². The molecule has 2 amide bonds. The molecule has 17 heteroatoms. The first kappa shape index (κ1) is 37.2. The number of nitrogens with one attached hydrogen (secondary N) is 2. The van der Waals surface area contributed by atoms with Crippen molar-refractivity contribution in [2.45, 2.75) is 101 Å². The number of amides is 2. The lowest BCUT2D eigenvalue weighted by Crippen LogP contribution is -2.49. The fraction of sp³-hybridized carbons (Fsp3) is 0.895. The van der Waals surface area contributed by atoms with E-state index in [0.717, 1.165) is 6.42 Å². The summed E-state index contributed by atoms with van der Waals surface area (Å²) in [4.78, 5) is 22.7. The molecule has 1 fully saturated rings. The lowest BCUT2D eigenvalue weighted by atomic mass is 9.74. The van der Waals surface area contributed by atoms with Gasteiger partial charge in [0.2, 0.25) is 11.8 Å². The van der Waals surface area contributed by atoms with E-state index in [9.17, 15) is 9.59 Å². The van der Waals surface area contributed by atoms with E-state index in [-0.39, 0.29) is 39.2 Å². The summed E-state index contributed by atoms with van der Waals surface area (Å²) < 4.78 is 24.8. The number of hydrogen-bond acceptors (Lipinski definition) is 9. The van der Waals surface area contributed by atoms with Gasteiger partial charge in [0.25, 0.3) is 0 Å². The molecular formula is C19H46B6N2O9. The summed E-state index contributed by atoms with van der Waals surface area (Å²) in [7, 11) is -2.72. The summed E-state index contributed by atoms with van der Waals surface area (Å²) >= 11 is 0. The summed E-state index contributed by atoms with van der Waals surface area (Å²) in [5, 5.41) is 22.9. The molecule has 0 bridgehead atoms. The first-order valence-electron chi connectivity index (χ1n) is 12.6. The van der Waals surface area contributed by atoms with Gasteiger partial charge in [-0.15, -0.1) is 0 Å². The Hall–Kier alpha value is -0.950. The molecular weight excluding hydrogens is 465 g/mol. The summed E-state index contributed by atoms with van der Waals surface area (Å²) in [5.74, 6) is 0.641. The number of carbonyl (C=O) groups is 2. The average Bonchev–Trinajstić information content (AvgIpc) is 2.64. The molecule has 1 saturated heterocycles. The molecule has 1 unspecified atom stereocenters. The topological polar surface area (TPSA) is 145 Å². The first-order valence-corrected chi connectivity index (χ1v) is 12.6. The van der Waals surface area contributed by atoms with Gasteiger partial charge in [0, 0.05) is 13.0 Å². The van der Waals surface area contributed by atoms with Crippen LogP contribution in [0, 0.1) is 11.8 Å². The Kier molecular flexibility index (Phi) is 20.7. The highest BCUT2D eigenvalue weighted by Crippen LogP contribution is 2.12. The highest BCUT2D eigenvalue weighted by atomic mass is 16.7. The SMILES string of the molecule is CB(O)OB(C)OB(C)O.CB1OB(C)OB(C)O1.CC(=O)NC(C)C(=O)N[C@@H](CC(C)C)C(C)C. The summed E-state index contributed by atoms with van der Waals surface area (Å²) in [5.41, 5.74) is 0. The molecule has 36 heavy (non-hydrogen) atoms. The van der Waals surface area contributed by atoms with E-state index >= 15 is 0 Å². The van der Waals surface area contributed by atoms with E-state index in [1.54, 1.807) is 13.7 Å². The van der Waals surface area contributed by atoms with E-state index in [1.165, 1.54) is 20.6 Å². The zero-order valence-corrected chi connectivity index (χ0v) is 24.2. The molecule has 1 rings (SSSR count). The Morgan fingerprint density at radius 3 is 1.50 bits per heavy atom. The zero-order valence-electron chi connectivity index (χ0n) is 24.2. The van der Waals surface area contributed by atoms with Crippen LogP contribution in [-0.2, 0) is 32.4 Å². The first-order chi connectivity index (χ1) is 16.4. The van der Waals surface area contributed by atoms with Crippen molar-refractivity contribution in [3.05, 3.63) is 0 Å². The third-order valence-electron chi connectivity index (χ3n) is 4.60. The molecule has 0 aliphatic carbocycles. The van der Waals surface area contributed by atoms with Crippen molar-refractivity contribution in [2.75, 3.05) is 0 Å². The van der Waals surface area contributed by atoms with Crippen molar-refractivity contribution >= 4 is 54.5 Å². The third kappa shape index (κ3) is 22.3. The quantitative estimate of drug-likeness (QED) is 0.320. The van der Waals surface area contributed by atoms with Gasteiger partial charge in [0.15, 0.2) is 0 Å². The molecule has 0 aromatic rings. The van der Waals surface area contributed by atoms with Crippen molar-refractivity contribution in [1.29, 1.82) is 0 Å². The van der Waals surface area contributed by atoms with Crippen LogP contribution in [0.2, 0.25) is 40.9 Å². The minimum absolute atomic E-state index is 0.112. The second-order valence-corrected chi connectivity index (χ2v) is 9.56. The van der Waals surface area contributed by atoms with E-state index in [0.29, 0.717) is 11.8 Å². The van der Waals surface area contributed by atoms with Crippen LogP contribution in [0.25, 0.3) is 0 Å². The Bertz CT molecular complexity index is 573. The molecule has 0 saturated carbocycles. The lowest BCUT2D eigenvalue weighted by Gasteiger charge is -2.26. The summed E-state index contributed by atoms with van der Waals surface area (Å²) in [6, 6.07) is -0.306. The Morgan fingerprint density at radius 2 is 1.22 bits per heavy atom. The van der Waals surface area contributed by atoms with Crippen LogP contribution in [-0.4, -0.2) is 76.7 Å². The summed E-state index contributed by atoms with van der Waals surface area (Å²) in [6.45, 7) is 21.7. The van der Waals surface area contributed by atoms with Crippen LogP contribution in [0.3, 0.4) is 0 Å². The second-order valence-electron chi connectivity index (χ2n) is 9.56. The standard InChI is InChI=1S/C13H26N2O2.C3H11B3O4.C3H9B3O3/c1-8(2)7-12(9(3)4)15-13(17)10(5)14-11(6)16;1-4(7)9-6(3)10-5(2)8;1-4-7-5(2)9-6(3)8-4/h8-10,12H,7H2,1-6H3,(H,14,16)(H,15,17);7-8H,1-3H3;1-3H3/t10?,12-;;/m0../s1. The van der Waals surface area contributed by atoms with E-state index in [4.69, 9.17) is 32.9 Å². The number of rotatable bonds is 10. The molecule has 4 N–H and O–H groups in total. The molecule has 0 aromatic carbocycles.